The van der Waals surface area contributed by atoms with Crippen molar-refractivity contribution in [3.05, 3.63) is 97.5 Å². The molecule has 0 aliphatic carbocycles. The summed E-state index contributed by atoms with van der Waals surface area (Å²) in [5, 5.41) is 14.2. The Morgan fingerprint density at radius 2 is 1.97 bits per heavy atom. The van der Waals surface area contributed by atoms with Crippen molar-refractivity contribution in [2.75, 3.05) is 11.1 Å². The number of hydrogen-bond donors (Lipinski definition) is 1. The molecule has 1 heterocycles. The minimum absolute atomic E-state index is 0.104. The highest BCUT2D eigenvalue weighted by molar-refractivity contribution is 7.99. The van der Waals surface area contributed by atoms with Gasteiger partial charge in [0.2, 0.25) is 5.91 Å². The van der Waals surface area contributed by atoms with E-state index < -0.39 is 22.2 Å². The van der Waals surface area contributed by atoms with Gasteiger partial charge in [0.05, 0.1) is 32.3 Å². The zero-order valence-corrected chi connectivity index (χ0v) is 19.2. The maximum absolute atomic E-state index is 13.7. The summed E-state index contributed by atoms with van der Waals surface area (Å²) in [7, 11) is 0. The normalized spacial score (nSPS) is 10.9. The van der Waals surface area contributed by atoms with Crippen LogP contribution in [0.2, 0.25) is 5.02 Å². The second-order valence-electron chi connectivity index (χ2n) is 7.21. The predicted octanol–water partition coefficient (Wildman–Crippen LogP) is 5.13. The highest BCUT2D eigenvalue weighted by Crippen LogP contribution is 2.29. The van der Waals surface area contributed by atoms with E-state index in [9.17, 15) is 24.1 Å². The van der Waals surface area contributed by atoms with Gasteiger partial charge in [0, 0.05) is 6.07 Å². The lowest BCUT2D eigenvalue weighted by molar-refractivity contribution is -0.384. The smallest absolute Gasteiger partial charge is 0.293 e. The Hall–Kier alpha value is -3.76. The summed E-state index contributed by atoms with van der Waals surface area (Å²) in [5.41, 5.74) is 0.716. The number of para-hydroxylation sites is 2. The van der Waals surface area contributed by atoms with E-state index >= 15 is 0 Å². The van der Waals surface area contributed by atoms with E-state index in [-0.39, 0.29) is 33.0 Å². The van der Waals surface area contributed by atoms with Crippen molar-refractivity contribution >= 4 is 51.5 Å². The van der Waals surface area contributed by atoms with Crippen molar-refractivity contribution in [3.63, 3.8) is 0 Å². The van der Waals surface area contributed by atoms with Gasteiger partial charge in [-0.25, -0.2) is 9.37 Å². The van der Waals surface area contributed by atoms with Gasteiger partial charge in [-0.1, -0.05) is 47.6 Å². The lowest BCUT2D eigenvalue weighted by Gasteiger charge is -2.14. The maximum atomic E-state index is 13.7. The fraction of sp³-hybridized carbons (Fsp3) is 0.0870. The van der Waals surface area contributed by atoms with Crippen molar-refractivity contribution in [3.8, 4) is 5.69 Å². The third kappa shape index (κ3) is 4.63. The van der Waals surface area contributed by atoms with Crippen LogP contribution >= 0.6 is 23.4 Å². The zero-order chi connectivity index (χ0) is 24.4. The lowest BCUT2D eigenvalue weighted by Crippen LogP contribution is -2.23. The standard InChI is InChI=1S/C23H16ClFN4O4S/c1-13-5-4-8-19(29(32)33)21(13)27-20(30)12-34-23-26-18-7-3-2-6-15(18)22(31)28(23)14-9-10-17(25)16(24)11-14/h2-11H,12H2,1H3,(H,27,30). The Bertz CT molecular complexity index is 1510. The molecule has 1 aromatic heterocycles. The number of carbonyl (C=O) groups excluding carboxylic acids is 1. The molecule has 11 heteroatoms. The molecular formula is C23H16ClFN4O4S. The Balaban J connectivity index is 1.70. The van der Waals surface area contributed by atoms with Crippen LogP contribution in [0.15, 0.2) is 70.6 Å². The van der Waals surface area contributed by atoms with Crippen LogP contribution in [0.25, 0.3) is 16.6 Å². The van der Waals surface area contributed by atoms with Crippen LogP contribution in [0.5, 0.6) is 0 Å². The maximum Gasteiger partial charge on any atom is 0.293 e. The number of nitrogens with zero attached hydrogens (tertiary/aromatic N) is 3. The molecule has 3 aromatic carbocycles. The minimum Gasteiger partial charge on any atom is -0.319 e. The molecule has 0 unspecified atom stereocenters. The Morgan fingerprint density at radius 3 is 2.71 bits per heavy atom. The number of nitrogens with one attached hydrogen (secondary N) is 1. The van der Waals surface area contributed by atoms with E-state index in [1.807, 2.05) is 0 Å². The number of aryl methyl sites for hydroxylation is 1. The van der Waals surface area contributed by atoms with E-state index in [0.717, 1.165) is 17.8 Å². The highest BCUT2D eigenvalue weighted by Gasteiger charge is 2.20. The fourth-order valence-corrected chi connectivity index (χ4v) is 4.32. The quantitative estimate of drug-likeness (QED) is 0.171. The number of hydrogen-bond acceptors (Lipinski definition) is 6. The molecule has 0 atom stereocenters. The van der Waals surface area contributed by atoms with Crippen molar-refractivity contribution in [1.29, 1.82) is 0 Å². The number of nitro groups is 1. The third-order valence-electron chi connectivity index (χ3n) is 4.95. The summed E-state index contributed by atoms with van der Waals surface area (Å²) in [6.07, 6.45) is 0. The first-order chi connectivity index (χ1) is 16.3. The summed E-state index contributed by atoms with van der Waals surface area (Å²) >= 11 is 6.88. The fourth-order valence-electron chi connectivity index (χ4n) is 3.33. The highest BCUT2D eigenvalue weighted by atomic mass is 35.5. The average Bonchev–Trinajstić information content (AvgIpc) is 2.81. The summed E-state index contributed by atoms with van der Waals surface area (Å²) in [4.78, 5) is 41.2. The van der Waals surface area contributed by atoms with E-state index in [2.05, 4.69) is 10.3 Å². The number of nitro benzene ring substituents is 1. The first-order valence-corrected chi connectivity index (χ1v) is 11.3. The minimum atomic E-state index is -0.638. The number of thioether (sulfide) groups is 1. The number of fused-ring (bicyclic) bond motifs is 1. The van der Waals surface area contributed by atoms with Gasteiger partial charge in [-0.2, -0.15) is 0 Å². The molecule has 0 saturated carbocycles. The van der Waals surface area contributed by atoms with Crippen LogP contribution < -0.4 is 10.9 Å². The van der Waals surface area contributed by atoms with Gasteiger partial charge in [0.1, 0.15) is 11.5 Å². The average molecular weight is 499 g/mol. The molecule has 1 amide bonds. The summed E-state index contributed by atoms with van der Waals surface area (Å²) < 4.78 is 15.0. The second-order valence-corrected chi connectivity index (χ2v) is 8.56. The number of aromatic nitrogens is 2. The van der Waals surface area contributed by atoms with Gasteiger partial charge in [0.25, 0.3) is 11.2 Å². The number of carbonyl (C=O) groups is 1. The molecule has 0 aliphatic rings. The Labute approximate surface area is 201 Å². The van der Waals surface area contributed by atoms with Gasteiger partial charge in [-0.3, -0.25) is 24.3 Å². The molecule has 172 valence electrons. The zero-order valence-electron chi connectivity index (χ0n) is 17.6. The topological polar surface area (TPSA) is 107 Å². The third-order valence-corrected chi connectivity index (χ3v) is 6.18. The molecule has 0 radical (unpaired) electrons. The molecule has 4 aromatic rings. The molecule has 0 saturated heterocycles. The second kappa shape index (κ2) is 9.62. The molecule has 0 spiro atoms. The number of anilines is 1. The van der Waals surface area contributed by atoms with Gasteiger partial charge < -0.3 is 5.32 Å². The molecule has 8 nitrogen and oxygen atoms in total. The van der Waals surface area contributed by atoms with Crippen LogP contribution in [0.1, 0.15) is 5.56 Å². The van der Waals surface area contributed by atoms with Crippen LogP contribution in [0.4, 0.5) is 15.8 Å². The SMILES string of the molecule is Cc1cccc([N+](=O)[O-])c1NC(=O)CSc1nc2ccccc2c(=O)n1-c1ccc(F)c(Cl)c1. The predicted molar refractivity (Wildman–Crippen MR) is 129 cm³/mol. The molecule has 0 aliphatic heterocycles. The van der Waals surface area contributed by atoms with Crippen LogP contribution in [0, 0.1) is 22.9 Å². The molecule has 4 rings (SSSR count). The first-order valence-electron chi connectivity index (χ1n) is 9.90. The van der Waals surface area contributed by atoms with Crippen LogP contribution in [-0.2, 0) is 4.79 Å². The summed E-state index contributed by atoms with van der Waals surface area (Å²) in [6, 6.07) is 15.0. The van der Waals surface area contributed by atoms with E-state index in [4.69, 9.17) is 11.6 Å². The van der Waals surface area contributed by atoms with E-state index in [0.29, 0.717) is 16.5 Å². The molecule has 34 heavy (non-hydrogen) atoms. The summed E-state index contributed by atoms with van der Waals surface area (Å²) in [6.45, 7) is 1.65. The van der Waals surface area contributed by atoms with Gasteiger partial charge in [0.15, 0.2) is 5.16 Å². The largest absolute Gasteiger partial charge is 0.319 e. The lowest BCUT2D eigenvalue weighted by atomic mass is 10.1. The molecule has 0 bridgehead atoms. The van der Waals surface area contributed by atoms with Gasteiger partial charge in [-0.05, 0) is 42.8 Å². The van der Waals surface area contributed by atoms with Crippen molar-refractivity contribution in [2.24, 2.45) is 0 Å². The molecular weight excluding hydrogens is 483 g/mol. The van der Waals surface area contributed by atoms with Gasteiger partial charge >= 0.3 is 0 Å². The van der Waals surface area contributed by atoms with Crippen LogP contribution in [-0.4, -0.2) is 26.1 Å². The van der Waals surface area contributed by atoms with Crippen LogP contribution in [0.3, 0.4) is 0 Å². The number of rotatable bonds is 6. The molecule has 0 fully saturated rings. The van der Waals surface area contributed by atoms with E-state index in [1.54, 1.807) is 37.3 Å². The molecule has 1 N–H and O–H groups in total. The van der Waals surface area contributed by atoms with Crippen molar-refractivity contribution < 1.29 is 14.1 Å². The number of halogens is 2. The number of amides is 1. The summed E-state index contributed by atoms with van der Waals surface area (Å²) in [5.74, 6) is -1.35. The first kappa shape index (κ1) is 23.4. The van der Waals surface area contributed by atoms with Gasteiger partial charge in [-0.15, -0.1) is 0 Å². The van der Waals surface area contributed by atoms with Crippen molar-refractivity contribution in [2.45, 2.75) is 12.1 Å². The Kier molecular flexibility index (Phi) is 6.62. The van der Waals surface area contributed by atoms with E-state index in [1.165, 1.54) is 28.8 Å². The monoisotopic (exact) mass is 498 g/mol. The van der Waals surface area contributed by atoms with Crippen molar-refractivity contribution in [1.82, 2.24) is 9.55 Å². The number of benzene rings is 3. The Morgan fingerprint density at radius 1 is 1.21 bits per heavy atom.